The maximum Gasteiger partial charge on any atom is 0.222 e. The van der Waals surface area contributed by atoms with Crippen LogP contribution in [0.15, 0.2) is 29.3 Å². The fourth-order valence-electron chi connectivity index (χ4n) is 2.97. The summed E-state index contributed by atoms with van der Waals surface area (Å²) in [6.45, 7) is 10.4. The van der Waals surface area contributed by atoms with Crippen molar-refractivity contribution >= 4 is 35.8 Å². The van der Waals surface area contributed by atoms with Gasteiger partial charge in [0.25, 0.3) is 0 Å². The topological polar surface area (TPSA) is 66.0 Å². The molecule has 0 saturated carbocycles. The van der Waals surface area contributed by atoms with Crippen molar-refractivity contribution in [2.24, 2.45) is 4.99 Å². The summed E-state index contributed by atoms with van der Waals surface area (Å²) in [6.07, 6.45) is 1.53. The summed E-state index contributed by atoms with van der Waals surface area (Å²) in [5.41, 5.74) is 2.34. The van der Waals surface area contributed by atoms with Crippen LogP contribution >= 0.6 is 24.0 Å². The van der Waals surface area contributed by atoms with Crippen LogP contribution in [0.25, 0.3) is 0 Å². The van der Waals surface area contributed by atoms with Gasteiger partial charge in [-0.15, -0.1) is 24.0 Å². The van der Waals surface area contributed by atoms with Crippen molar-refractivity contribution in [2.45, 2.75) is 52.8 Å². The second kappa shape index (κ2) is 12.9. The van der Waals surface area contributed by atoms with Gasteiger partial charge in [-0.2, -0.15) is 0 Å². The molecular weight excluding hydrogens is 455 g/mol. The number of halogens is 1. The lowest BCUT2D eigenvalue weighted by Gasteiger charge is -2.18. The van der Waals surface area contributed by atoms with E-state index in [1.54, 1.807) is 0 Å². The summed E-state index contributed by atoms with van der Waals surface area (Å²) >= 11 is 0. The number of hydrogen-bond acceptors (Lipinski definition) is 3. The van der Waals surface area contributed by atoms with Gasteiger partial charge in [-0.05, 0) is 31.4 Å². The summed E-state index contributed by atoms with van der Waals surface area (Å²) in [7, 11) is 0. The van der Waals surface area contributed by atoms with E-state index in [1.807, 2.05) is 18.7 Å². The number of carbonyl (C=O) groups excluding carboxylic acids is 1. The molecule has 1 heterocycles. The molecule has 0 radical (unpaired) electrons. The number of likely N-dealkylation sites (tertiary alicyclic amines) is 1. The summed E-state index contributed by atoms with van der Waals surface area (Å²) in [5.74, 6) is 1.03. The first-order valence-corrected chi connectivity index (χ1v) is 9.64. The first kappa shape index (κ1) is 23.7. The van der Waals surface area contributed by atoms with E-state index in [1.165, 1.54) is 5.56 Å². The van der Waals surface area contributed by atoms with Gasteiger partial charge in [0.15, 0.2) is 5.96 Å². The molecule has 1 aliphatic heterocycles. The molecule has 7 heteroatoms. The van der Waals surface area contributed by atoms with Crippen LogP contribution in [0.2, 0.25) is 0 Å². The lowest BCUT2D eigenvalue weighted by molar-refractivity contribution is -0.129. The third-order valence-electron chi connectivity index (χ3n) is 4.44. The van der Waals surface area contributed by atoms with Gasteiger partial charge in [-0.3, -0.25) is 4.79 Å². The van der Waals surface area contributed by atoms with Crippen molar-refractivity contribution in [2.75, 3.05) is 26.2 Å². The monoisotopic (exact) mass is 488 g/mol. The third-order valence-corrected chi connectivity index (χ3v) is 4.44. The lowest BCUT2D eigenvalue weighted by Crippen LogP contribution is -2.45. The van der Waals surface area contributed by atoms with Crippen molar-refractivity contribution in [1.82, 2.24) is 15.5 Å². The van der Waals surface area contributed by atoms with Gasteiger partial charge in [-0.1, -0.05) is 31.2 Å². The van der Waals surface area contributed by atoms with Gasteiger partial charge in [-0.25, -0.2) is 4.99 Å². The smallest absolute Gasteiger partial charge is 0.222 e. The molecule has 1 unspecified atom stereocenters. The first-order chi connectivity index (χ1) is 12.7. The highest BCUT2D eigenvalue weighted by molar-refractivity contribution is 14.0. The number of guanidine groups is 1. The number of amides is 1. The third kappa shape index (κ3) is 8.04. The molecule has 1 saturated heterocycles. The van der Waals surface area contributed by atoms with Crippen LogP contribution in [0.5, 0.6) is 0 Å². The fourth-order valence-corrected chi connectivity index (χ4v) is 2.97. The van der Waals surface area contributed by atoms with Crippen LogP contribution in [-0.2, 0) is 22.7 Å². The Morgan fingerprint density at radius 2 is 1.93 bits per heavy atom. The molecule has 0 aromatic heterocycles. The molecule has 1 aromatic carbocycles. The molecule has 0 bridgehead atoms. The van der Waals surface area contributed by atoms with Crippen LogP contribution in [0.4, 0.5) is 0 Å². The van der Waals surface area contributed by atoms with E-state index < -0.39 is 0 Å². The molecule has 0 aliphatic carbocycles. The number of nitrogens with one attached hydrogen (secondary N) is 2. The SMILES string of the molecule is CCNC(=NCc1ccc(COCC)cc1)NC1CCN(C(=O)CC)C1.I. The van der Waals surface area contributed by atoms with E-state index in [9.17, 15) is 4.79 Å². The van der Waals surface area contributed by atoms with E-state index in [2.05, 4.69) is 46.8 Å². The molecule has 27 heavy (non-hydrogen) atoms. The van der Waals surface area contributed by atoms with Crippen molar-refractivity contribution in [3.05, 3.63) is 35.4 Å². The van der Waals surface area contributed by atoms with Crippen molar-refractivity contribution in [3.8, 4) is 0 Å². The number of ether oxygens (including phenoxy) is 1. The fraction of sp³-hybridized carbons (Fsp3) is 0.600. The number of nitrogens with zero attached hydrogens (tertiary/aromatic N) is 2. The molecule has 1 amide bonds. The zero-order chi connectivity index (χ0) is 18.8. The van der Waals surface area contributed by atoms with Gasteiger partial charge in [0.1, 0.15) is 0 Å². The number of benzene rings is 1. The molecule has 6 nitrogen and oxygen atoms in total. The van der Waals surface area contributed by atoms with Crippen molar-refractivity contribution < 1.29 is 9.53 Å². The standard InChI is InChI=1S/C20H32N4O2.HI/c1-4-19(25)24-12-11-18(14-24)23-20(21-5-2)22-13-16-7-9-17(10-8-16)15-26-6-3;/h7-10,18H,4-6,11-15H2,1-3H3,(H2,21,22,23);1H. The largest absolute Gasteiger partial charge is 0.377 e. The quantitative estimate of drug-likeness (QED) is 0.336. The highest BCUT2D eigenvalue weighted by atomic mass is 127. The van der Waals surface area contributed by atoms with E-state index in [0.29, 0.717) is 19.6 Å². The Morgan fingerprint density at radius 3 is 2.56 bits per heavy atom. The average Bonchev–Trinajstić information content (AvgIpc) is 3.13. The molecule has 1 atom stereocenters. The summed E-state index contributed by atoms with van der Waals surface area (Å²) in [6, 6.07) is 8.63. The van der Waals surface area contributed by atoms with Crippen LogP contribution in [0.1, 0.15) is 44.7 Å². The molecule has 1 fully saturated rings. The zero-order valence-corrected chi connectivity index (χ0v) is 19.0. The maximum atomic E-state index is 11.8. The van der Waals surface area contributed by atoms with Crippen LogP contribution in [0, 0.1) is 0 Å². The number of carbonyl (C=O) groups is 1. The van der Waals surface area contributed by atoms with Crippen molar-refractivity contribution in [1.29, 1.82) is 0 Å². The minimum atomic E-state index is 0. The molecule has 1 aliphatic rings. The number of rotatable bonds is 8. The Labute approximate surface area is 180 Å². The van der Waals surface area contributed by atoms with Crippen LogP contribution in [0.3, 0.4) is 0 Å². The van der Waals surface area contributed by atoms with Gasteiger partial charge < -0.3 is 20.3 Å². The Hall–Kier alpha value is -1.35. The highest BCUT2D eigenvalue weighted by Gasteiger charge is 2.25. The predicted molar refractivity (Wildman–Crippen MR) is 120 cm³/mol. The van der Waals surface area contributed by atoms with Crippen LogP contribution in [-0.4, -0.2) is 49.0 Å². The Bertz CT molecular complexity index is 592. The Balaban J connectivity index is 0.00000364. The van der Waals surface area contributed by atoms with E-state index >= 15 is 0 Å². The van der Waals surface area contributed by atoms with Crippen LogP contribution < -0.4 is 10.6 Å². The van der Waals surface area contributed by atoms with Gasteiger partial charge in [0.05, 0.1) is 13.2 Å². The first-order valence-electron chi connectivity index (χ1n) is 9.64. The second-order valence-corrected chi connectivity index (χ2v) is 6.47. The molecule has 1 aromatic rings. The molecule has 0 spiro atoms. The predicted octanol–water partition coefficient (Wildman–Crippen LogP) is 2.91. The normalized spacial score (nSPS) is 16.8. The van der Waals surface area contributed by atoms with Gasteiger partial charge >= 0.3 is 0 Å². The second-order valence-electron chi connectivity index (χ2n) is 6.47. The Morgan fingerprint density at radius 1 is 1.22 bits per heavy atom. The van der Waals surface area contributed by atoms with E-state index in [4.69, 9.17) is 4.74 Å². The molecule has 2 rings (SSSR count). The van der Waals surface area contributed by atoms with Gasteiger partial charge in [0, 0.05) is 38.7 Å². The minimum Gasteiger partial charge on any atom is -0.377 e. The molecule has 2 N–H and O–H groups in total. The van der Waals surface area contributed by atoms with Crippen molar-refractivity contribution in [3.63, 3.8) is 0 Å². The highest BCUT2D eigenvalue weighted by Crippen LogP contribution is 2.11. The Kier molecular flexibility index (Phi) is 11.3. The zero-order valence-electron chi connectivity index (χ0n) is 16.7. The average molecular weight is 488 g/mol. The number of aliphatic imine (C=N–C) groups is 1. The lowest BCUT2D eigenvalue weighted by atomic mass is 10.1. The van der Waals surface area contributed by atoms with Gasteiger partial charge in [0.2, 0.25) is 5.91 Å². The molecular formula is C20H33IN4O2. The maximum absolute atomic E-state index is 11.8. The summed E-state index contributed by atoms with van der Waals surface area (Å²) < 4.78 is 5.42. The summed E-state index contributed by atoms with van der Waals surface area (Å²) in [5, 5.41) is 6.75. The summed E-state index contributed by atoms with van der Waals surface area (Å²) in [4.78, 5) is 18.4. The minimum absolute atomic E-state index is 0. The van der Waals surface area contributed by atoms with E-state index in [-0.39, 0.29) is 35.9 Å². The van der Waals surface area contributed by atoms with E-state index in [0.717, 1.165) is 44.2 Å². The molecule has 152 valence electrons. The number of hydrogen-bond donors (Lipinski definition) is 2.